The van der Waals surface area contributed by atoms with Crippen LogP contribution in [0.15, 0.2) is 59.5 Å². The van der Waals surface area contributed by atoms with Crippen molar-refractivity contribution in [2.45, 2.75) is 11.1 Å². The topological polar surface area (TPSA) is 133 Å². The first-order valence-corrected chi connectivity index (χ1v) is 11.1. The molecular weight excluding hydrogens is 493 g/mol. The van der Waals surface area contributed by atoms with Gasteiger partial charge in [0.25, 0.3) is 10.0 Å². The quantitative estimate of drug-likeness (QED) is 0.438. The predicted molar refractivity (Wildman–Crippen MR) is 122 cm³/mol. The van der Waals surface area contributed by atoms with Crippen molar-refractivity contribution in [3.63, 3.8) is 0 Å². The van der Waals surface area contributed by atoms with E-state index in [1.165, 1.54) is 31.4 Å². The Morgan fingerprint density at radius 1 is 1.00 bits per heavy atom. The van der Waals surface area contributed by atoms with Crippen LogP contribution in [0.3, 0.4) is 0 Å². The van der Waals surface area contributed by atoms with Gasteiger partial charge in [0.1, 0.15) is 11.3 Å². The summed E-state index contributed by atoms with van der Waals surface area (Å²) in [5.41, 5.74) is 0.978. The molecular formula is C22H21F3N2O7S. The zero-order chi connectivity index (χ0) is 26.6. The van der Waals surface area contributed by atoms with Crippen molar-refractivity contribution in [1.29, 1.82) is 0 Å². The van der Waals surface area contributed by atoms with E-state index in [9.17, 15) is 31.5 Å². The highest BCUT2D eigenvalue weighted by Crippen LogP contribution is 2.32. The van der Waals surface area contributed by atoms with E-state index in [-0.39, 0.29) is 21.9 Å². The van der Waals surface area contributed by atoms with Gasteiger partial charge in [0.05, 0.1) is 17.7 Å². The van der Waals surface area contributed by atoms with Crippen LogP contribution in [-0.2, 0) is 19.6 Å². The molecule has 3 aromatic rings. The largest absolute Gasteiger partial charge is 0.507 e. The highest BCUT2D eigenvalue weighted by Gasteiger charge is 2.38. The molecule has 3 rings (SSSR count). The average molecular weight is 514 g/mol. The SMILES string of the molecule is COC(=O)c1ccc(NS(=O)(=O)c2cccc3c(N(C)C)cccc23)cc1O.O=C(O)C(F)(F)F. The molecule has 0 atom stereocenters. The Kier molecular flexibility index (Phi) is 8.18. The molecule has 3 N–H and O–H groups in total. The number of carbonyl (C=O) groups is 2. The molecule has 0 fully saturated rings. The summed E-state index contributed by atoms with van der Waals surface area (Å²) in [6, 6.07) is 14.4. The lowest BCUT2D eigenvalue weighted by molar-refractivity contribution is -0.192. The molecule has 0 aliphatic heterocycles. The highest BCUT2D eigenvalue weighted by atomic mass is 32.2. The van der Waals surface area contributed by atoms with Crippen molar-refractivity contribution in [2.75, 3.05) is 30.8 Å². The second-order valence-electron chi connectivity index (χ2n) is 7.15. The second-order valence-corrected chi connectivity index (χ2v) is 8.81. The third-order valence-electron chi connectivity index (χ3n) is 4.53. The standard InChI is InChI=1S/C20H20N2O5S.C2HF3O2/c1-22(2)17-8-4-7-15-14(17)6-5-9-19(15)28(25,26)21-13-10-11-16(18(23)12-13)20(24)27-3;3-2(4,5)1(6)7/h4-12,21,23H,1-3H3;(H,6,7). The molecule has 0 aliphatic carbocycles. The number of methoxy groups -OCH3 is 1. The third-order valence-corrected chi connectivity index (χ3v) is 5.97. The Hall–Kier alpha value is -4.00. The lowest BCUT2D eigenvalue weighted by Crippen LogP contribution is -2.21. The minimum absolute atomic E-state index is 0.0498. The van der Waals surface area contributed by atoms with Gasteiger partial charge in [-0.05, 0) is 24.3 Å². The van der Waals surface area contributed by atoms with E-state index in [2.05, 4.69) is 9.46 Å². The van der Waals surface area contributed by atoms with Gasteiger partial charge in [0.15, 0.2) is 0 Å². The summed E-state index contributed by atoms with van der Waals surface area (Å²) in [5.74, 6) is -3.84. The number of carbonyl (C=O) groups excluding carboxylic acids is 1. The van der Waals surface area contributed by atoms with Crippen molar-refractivity contribution in [3.8, 4) is 5.75 Å². The first-order chi connectivity index (χ1) is 16.2. The monoisotopic (exact) mass is 514 g/mol. The summed E-state index contributed by atoms with van der Waals surface area (Å²) in [7, 11) is 1.04. The zero-order valence-corrected chi connectivity index (χ0v) is 19.4. The third kappa shape index (κ3) is 6.53. The van der Waals surface area contributed by atoms with E-state index >= 15 is 0 Å². The van der Waals surface area contributed by atoms with Gasteiger partial charge in [-0.1, -0.05) is 24.3 Å². The summed E-state index contributed by atoms with van der Waals surface area (Å²) in [5, 5.41) is 18.5. The number of phenolic OH excluding ortho intramolecular Hbond substituents is 1. The molecule has 35 heavy (non-hydrogen) atoms. The first kappa shape index (κ1) is 27.2. The number of halogens is 3. The number of benzene rings is 3. The number of phenols is 1. The molecule has 0 spiro atoms. The number of carboxylic acid groups (broad SMARTS) is 1. The van der Waals surface area contributed by atoms with E-state index in [0.717, 1.165) is 11.1 Å². The van der Waals surface area contributed by atoms with E-state index in [1.54, 1.807) is 18.2 Å². The van der Waals surface area contributed by atoms with Crippen LogP contribution in [0, 0.1) is 0 Å². The maximum atomic E-state index is 13.0. The number of sulfonamides is 1. The number of esters is 1. The molecule has 3 aromatic carbocycles. The Balaban J connectivity index is 0.000000540. The van der Waals surface area contributed by atoms with Crippen LogP contribution in [0.2, 0.25) is 0 Å². The van der Waals surface area contributed by atoms with Crippen LogP contribution in [0.1, 0.15) is 10.4 Å². The number of aromatic hydroxyl groups is 1. The average Bonchev–Trinajstić information content (AvgIpc) is 2.77. The fourth-order valence-corrected chi connectivity index (χ4v) is 4.25. The number of carboxylic acids is 1. The van der Waals surface area contributed by atoms with Gasteiger partial charge in [-0.3, -0.25) is 4.72 Å². The number of alkyl halides is 3. The van der Waals surface area contributed by atoms with Crippen molar-refractivity contribution >= 4 is 44.1 Å². The maximum absolute atomic E-state index is 13.0. The fourth-order valence-electron chi connectivity index (χ4n) is 2.98. The molecule has 0 bridgehead atoms. The number of hydrogen-bond donors (Lipinski definition) is 3. The van der Waals surface area contributed by atoms with Gasteiger partial charge in [-0.15, -0.1) is 0 Å². The van der Waals surface area contributed by atoms with Crippen LogP contribution in [0.4, 0.5) is 24.5 Å². The van der Waals surface area contributed by atoms with E-state index in [1.807, 2.05) is 31.1 Å². The zero-order valence-electron chi connectivity index (χ0n) is 18.6. The second kappa shape index (κ2) is 10.5. The Labute approximate surface area is 198 Å². The maximum Gasteiger partial charge on any atom is 0.490 e. The summed E-state index contributed by atoms with van der Waals surface area (Å²) >= 11 is 0. The molecule has 0 amide bonds. The molecule has 0 aliphatic rings. The molecule has 9 nitrogen and oxygen atoms in total. The van der Waals surface area contributed by atoms with E-state index < -0.39 is 28.1 Å². The number of hydrogen-bond acceptors (Lipinski definition) is 7. The van der Waals surface area contributed by atoms with Crippen molar-refractivity contribution in [3.05, 3.63) is 60.2 Å². The van der Waals surface area contributed by atoms with Crippen molar-refractivity contribution in [2.24, 2.45) is 0 Å². The van der Waals surface area contributed by atoms with Crippen LogP contribution in [0.25, 0.3) is 10.8 Å². The van der Waals surface area contributed by atoms with Gasteiger partial charge >= 0.3 is 18.1 Å². The summed E-state index contributed by atoms with van der Waals surface area (Å²) in [6.07, 6.45) is -5.08. The lowest BCUT2D eigenvalue weighted by Gasteiger charge is -2.17. The van der Waals surface area contributed by atoms with Crippen molar-refractivity contribution < 1.29 is 46.1 Å². The molecule has 13 heteroatoms. The number of ether oxygens (including phenoxy) is 1. The number of anilines is 2. The molecule has 0 saturated heterocycles. The van der Waals surface area contributed by atoms with Gasteiger partial charge in [0, 0.05) is 36.6 Å². The van der Waals surface area contributed by atoms with E-state index in [0.29, 0.717) is 5.39 Å². The van der Waals surface area contributed by atoms with Gasteiger partial charge in [-0.25, -0.2) is 18.0 Å². The Bertz CT molecular complexity index is 1360. The molecule has 0 heterocycles. The number of fused-ring (bicyclic) bond motifs is 1. The molecule has 0 unspecified atom stereocenters. The summed E-state index contributed by atoms with van der Waals surface area (Å²) < 4.78 is 64.7. The minimum Gasteiger partial charge on any atom is -0.507 e. The molecule has 188 valence electrons. The number of nitrogens with zero attached hydrogens (tertiary/aromatic N) is 1. The molecule has 0 radical (unpaired) electrons. The number of aliphatic carboxylic acids is 1. The molecule has 0 saturated carbocycles. The van der Waals surface area contributed by atoms with E-state index in [4.69, 9.17) is 9.90 Å². The number of nitrogens with one attached hydrogen (secondary N) is 1. The summed E-state index contributed by atoms with van der Waals surface area (Å²) in [4.78, 5) is 22.5. The Morgan fingerprint density at radius 2 is 1.57 bits per heavy atom. The first-order valence-electron chi connectivity index (χ1n) is 9.62. The minimum atomic E-state index is -5.08. The predicted octanol–water partition coefficient (Wildman–Crippen LogP) is 3.83. The Morgan fingerprint density at radius 3 is 2.09 bits per heavy atom. The number of rotatable bonds is 5. The van der Waals surface area contributed by atoms with Crippen LogP contribution >= 0.6 is 0 Å². The van der Waals surface area contributed by atoms with Gasteiger partial charge < -0.3 is 19.8 Å². The van der Waals surface area contributed by atoms with Gasteiger partial charge in [0.2, 0.25) is 0 Å². The highest BCUT2D eigenvalue weighted by molar-refractivity contribution is 7.93. The molecule has 0 aromatic heterocycles. The lowest BCUT2D eigenvalue weighted by atomic mass is 10.1. The van der Waals surface area contributed by atoms with Crippen LogP contribution in [0.5, 0.6) is 5.75 Å². The smallest absolute Gasteiger partial charge is 0.490 e. The van der Waals surface area contributed by atoms with Gasteiger partial charge in [-0.2, -0.15) is 13.2 Å². The normalized spacial score (nSPS) is 11.3. The summed E-state index contributed by atoms with van der Waals surface area (Å²) in [6.45, 7) is 0. The van der Waals surface area contributed by atoms with Crippen LogP contribution < -0.4 is 9.62 Å². The fraction of sp³-hybridized carbons (Fsp3) is 0.182. The van der Waals surface area contributed by atoms with Crippen LogP contribution in [-0.4, -0.2) is 58.0 Å². The van der Waals surface area contributed by atoms with Crippen molar-refractivity contribution in [1.82, 2.24) is 0 Å².